The van der Waals surface area contributed by atoms with Crippen molar-refractivity contribution in [2.75, 3.05) is 33.0 Å². The van der Waals surface area contributed by atoms with Crippen LogP contribution in [0.25, 0.3) is 0 Å². The first-order chi connectivity index (χ1) is 34.6. The van der Waals surface area contributed by atoms with E-state index in [4.69, 9.17) is 28.4 Å². The molecule has 0 bridgehead atoms. The van der Waals surface area contributed by atoms with Crippen LogP contribution >= 0.6 is 0 Å². The lowest BCUT2D eigenvalue weighted by Gasteiger charge is -2.42. The SMILES string of the molecule is CCCCC/C=C\C/C=C\CCCCCCCCCCOCC(COC1OC(COC2OC(CO)C(O)C(O)C2O)C(O)C(O)C1O)OC(=O)CCCCCCCCCCC/C=C\CCCCCCCC. The highest BCUT2D eigenvalue weighted by Gasteiger charge is 2.47. The van der Waals surface area contributed by atoms with Crippen LogP contribution in [0.3, 0.4) is 0 Å². The minimum atomic E-state index is -1.71. The fourth-order valence-electron chi connectivity index (χ4n) is 8.96. The molecule has 0 amide bonds. The number of rotatable bonds is 46. The molecule has 7 N–H and O–H groups in total. The van der Waals surface area contributed by atoms with Gasteiger partial charge in [-0.3, -0.25) is 4.79 Å². The van der Waals surface area contributed by atoms with Crippen LogP contribution < -0.4 is 0 Å². The van der Waals surface area contributed by atoms with E-state index in [0.29, 0.717) is 13.0 Å². The lowest BCUT2D eigenvalue weighted by atomic mass is 9.98. The third-order valence-corrected chi connectivity index (χ3v) is 13.6. The summed E-state index contributed by atoms with van der Waals surface area (Å²) in [6, 6.07) is 0. The van der Waals surface area contributed by atoms with Crippen LogP contribution in [0, 0.1) is 0 Å². The van der Waals surface area contributed by atoms with Crippen molar-refractivity contribution in [3.8, 4) is 0 Å². The van der Waals surface area contributed by atoms with Crippen molar-refractivity contribution in [1.82, 2.24) is 0 Å². The number of unbranched alkanes of at least 4 members (excludes halogenated alkanes) is 26. The highest BCUT2D eigenvalue weighted by molar-refractivity contribution is 5.69. The summed E-state index contributed by atoms with van der Waals surface area (Å²) in [7, 11) is 0. The van der Waals surface area contributed by atoms with Gasteiger partial charge in [0.15, 0.2) is 12.6 Å². The average molecular weight is 1010 g/mol. The summed E-state index contributed by atoms with van der Waals surface area (Å²) in [5.41, 5.74) is 0. The van der Waals surface area contributed by atoms with Crippen molar-refractivity contribution in [3.63, 3.8) is 0 Å². The molecular weight excluding hydrogens is 909 g/mol. The Labute approximate surface area is 429 Å². The van der Waals surface area contributed by atoms with Gasteiger partial charge < -0.3 is 64.2 Å². The second kappa shape index (κ2) is 44.5. The van der Waals surface area contributed by atoms with Gasteiger partial charge in [-0.25, -0.2) is 0 Å². The number of esters is 1. The fraction of sp³-hybridized carbons (Fsp3) is 0.877. The predicted octanol–water partition coefficient (Wildman–Crippen LogP) is 9.75. The van der Waals surface area contributed by atoms with Crippen molar-refractivity contribution in [2.24, 2.45) is 0 Å². The molecule has 2 heterocycles. The Morgan fingerprint density at radius 2 is 0.873 bits per heavy atom. The Bertz CT molecular complexity index is 1310. The Kier molecular flexibility index (Phi) is 40.9. The Balaban J connectivity index is 1.73. The maximum Gasteiger partial charge on any atom is 0.306 e. The van der Waals surface area contributed by atoms with Crippen molar-refractivity contribution in [3.05, 3.63) is 36.5 Å². The van der Waals surface area contributed by atoms with Gasteiger partial charge >= 0.3 is 5.97 Å². The number of allylic oxidation sites excluding steroid dienone is 6. The van der Waals surface area contributed by atoms with E-state index >= 15 is 0 Å². The standard InChI is InChI=1S/C57H104O14/c1-3-5-7-9-11-13-15-17-19-21-23-24-26-28-30-32-34-36-38-40-49(59)69-46(43-66-41-39-37-35-33-31-29-27-25-22-20-18-16-14-12-10-8-6-4-2)44-67-56-55(65)53(63)51(61)48(71-56)45-68-57-54(64)52(62)50(60)47(42-58)70-57/h12,14,17-20,46-48,50-58,60-65H,3-11,13,15-16,21-45H2,1-2H3/b14-12-,19-17-,20-18-. The first-order valence-corrected chi connectivity index (χ1v) is 28.6. The maximum atomic E-state index is 13.1. The van der Waals surface area contributed by atoms with E-state index in [1.165, 1.54) is 141 Å². The molecule has 2 aliphatic rings. The monoisotopic (exact) mass is 1010 g/mol. The van der Waals surface area contributed by atoms with Crippen LogP contribution in [0.1, 0.15) is 219 Å². The van der Waals surface area contributed by atoms with Crippen molar-refractivity contribution in [2.45, 2.75) is 287 Å². The molecule has 0 spiro atoms. The first kappa shape index (κ1) is 65.3. The molecule has 14 nitrogen and oxygen atoms in total. The van der Waals surface area contributed by atoms with Crippen LogP contribution in [0.15, 0.2) is 36.5 Å². The summed E-state index contributed by atoms with van der Waals surface area (Å²) >= 11 is 0. The minimum Gasteiger partial charge on any atom is -0.457 e. The van der Waals surface area contributed by atoms with Crippen LogP contribution in [0.2, 0.25) is 0 Å². The zero-order valence-corrected chi connectivity index (χ0v) is 44.5. The van der Waals surface area contributed by atoms with Gasteiger partial charge in [0.05, 0.1) is 26.4 Å². The number of carbonyl (C=O) groups is 1. The summed E-state index contributed by atoms with van der Waals surface area (Å²) in [4.78, 5) is 13.1. The van der Waals surface area contributed by atoms with E-state index in [9.17, 15) is 40.5 Å². The fourth-order valence-corrected chi connectivity index (χ4v) is 8.96. The van der Waals surface area contributed by atoms with Crippen LogP contribution in [0.4, 0.5) is 0 Å². The average Bonchev–Trinajstić information content (AvgIpc) is 3.37. The third-order valence-electron chi connectivity index (χ3n) is 13.6. The highest BCUT2D eigenvalue weighted by Crippen LogP contribution is 2.27. The number of aliphatic hydroxyl groups is 7. The van der Waals surface area contributed by atoms with E-state index in [-0.39, 0.29) is 25.6 Å². The van der Waals surface area contributed by atoms with E-state index in [2.05, 4.69) is 50.3 Å². The number of ether oxygens (including phenoxy) is 6. The first-order valence-electron chi connectivity index (χ1n) is 28.6. The van der Waals surface area contributed by atoms with E-state index < -0.39 is 80.7 Å². The highest BCUT2D eigenvalue weighted by atomic mass is 16.7. The van der Waals surface area contributed by atoms with E-state index in [0.717, 1.165) is 51.4 Å². The van der Waals surface area contributed by atoms with Crippen LogP contribution in [-0.4, -0.2) is 142 Å². The van der Waals surface area contributed by atoms with Gasteiger partial charge in [-0.15, -0.1) is 0 Å². The van der Waals surface area contributed by atoms with E-state index in [1.54, 1.807) is 0 Å². The lowest BCUT2D eigenvalue weighted by Crippen LogP contribution is -2.61. The third kappa shape index (κ3) is 31.6. The molecule has 0 saturated carbocycles. The molecule has 14 heteroatoms. The molecule has 2 aliphatic heterocycles. The second-order valence-electron chi connectivity index (χ2n) is 20.1. The molecule has 0 aromatic carbocycles. The Hall–Kier alpha value is -1.79. The minimum absolute atomic E-state index is 0.0581. The number of hydrogen-bond acceptors (Lipinski definition) is 14. The number of carbonyl (C=O) groups excluding carboxylic acids is 1. The molecule has 0 aliphatic carbocycles. The molecule has 71 heavy (non-hydrogen) atoms. The largest absolute Gasteiger partial charge is 0.457 e. The number of hydrogen-bond donors (Lipinski definition) is 7. The molecule has 11 atom stereocenters. The van der Waals surface area contributed by atoms with Crippen LogP contribution in [0.5, 0.6) is 0 Å². The zero-order valence-electron chi connectivity index (χ0n) is 44.5. The van der Waals surface area contributed by atoms with Crippen molar-refractivity contribution < 1.29 is 69.0 Å². The molecule has 2 saturated heterocycles. The molecule has 2 rings (SSSR count). The van der Waals surface area contributed by atoms with Crippen LogP contribution in [-0.2, 0) is 33.2 Å². The summed E-state index contributed by atoms with van der Waals surface area (Å²) in [5, 5.41) is 72.3. The Morgan fingerprint density at radius 3 is 1.39 bits per heavy atom. The summed E-state index contributed by atoms with van der Waals surface area (Å²) < 4.78 is 34.4. The summed E-state index contributed by atoms with van der Waals surface area (Å²) in [6.45, 7) is 3.67. The smallest absolute Gasteiger partial charge is 0.306 e. The molecule has 2 fully saturated rings. The molecule has 0 aromatic rings. The van der Waals surface area contributed by atoms with Gasteiger partial charge in [-0.05, 0) is 70.6 Å². The van der Waals surface area contributed by atoms with Crippen molar-refractivity contribution in [1.29, 1.82) is 0 Å². The number of aliphatic hydroxyl groups excluding tert-OH is 7. The molecular formula is C57H104O14. The van der Waals surface area contributed by atoms with Gasteiger partial charge in [-0.1, -0.05) is 179 Å². The van der Waals surface area contributed by atoms with E-state index in [1.807, 2.05) is 0 Å². The summed E-state index contributed by atoms with van der Waals surface area (Å²) in [6.07, 6.45) is 34.8. The normalized spacial score (nSPS) is 25.5. The molecule has 11 unspecified atom stereocenters. The second-order valence-corrected chi connectivity index (χ2v) is 20.1. The van der Waals surface area contributed by atoms with Gasteiger partial charge in [0, 0.05) is 13.0 Å². The molecule has 0 radical (unpaired) electrons. The maximum absolute atomic E-state index is 13.1. The topological polar surface area (TPSA) is 214 Å². The molecule has 0 aromatic heterocycles. The van der Waals surface area contributed by atoms with Gasteiger partial charge in [0.25, 0.3) is 0 Å². The predicted molar refractivity (Wildman–Crippen MR) is 280 cm³/mol. The zero-order chi connectivity index (χ0) is 51.6. The lowest BCUT2D eigenvalue weighted by molar-refractivity contribution is -0.332. The van der Waals surface area contributed by atoms with Gasteiger partial charge in [-0.2, -0.15) is 0 Å². The van der Waals surface area contributed by atoms with Gasteiger partial charge in [0.1, 0.15) is 54.9 Å². The molecule has 416 valence electrons. The quantitative estimate of drug-likeness (QED) is 0.0172. The Morgan fingerprint density at radius 1 is 0.465 bits per heavy atom. The summed E-state index contributed by atoms with van der Waals surface area (Å²) in [5.74, 6) is -0.379. The van der Waals surface area contributed by atoms with Crippen molar-refractivity contribution >= 4 is 5.97 Å². The van der Waals surface area contributed by atoms with Gasteiger partial charge in [0.2, 0.25) is 0 Å².